The number of carbonyl (C=O) groups is 2. The Hall–Kier alpha value is -2.73. The molecule has 2 amide bonds. The van der Waals surface area contributed by atoms with Crippen molar-refractivity contribution in [3.8, 4) is 0 Å². The van der Waals surface area contributed by atoms with Crippen LogP contribution < -0.4 is 5.73 Å². The number of nitrogens with zero attached hydrogens (tertiary/aromatic N) is 3. The number of aryl methyl sites for hydroxylation is 1. The van der Waals surface area contributed by atoms with Gasteiger partial charge in [0.05, 0.1) is 5.56 Å². The summed E-state index contributed by atoms with van der Waals surface area (Å²) in [6.45, 7) is 3.98. The number of rotatable bonds is 4. The van der Waals surface area contributed by atoms with Crippen LogP contribution in [0.1, 0.15) is 21.6 Å². The molecular formula is C19H22N4O2. The smallest absolute Gasteiger partial charge is 0.255 e. The zero-order valence-corrected chi connectivity index (χ0v) is 14.3. The molecular weight excluding hydrogens is 316 g/mol. The third-order valence-corrected chi connectivity index (χ3v) is 4.49. The van der Waals surface area contributed by atoms with Crippen LogP contribution in [0.4, 0.5) is 0 Å². The Morgan fingerprint density at radius 2 is 1.92 bits per heavy atom. The summed E-state index contributed by atoms with van der Waals surface area (Å²) < 4.78 is 0. The first-order valence-electron chi connectivity index (χ1n) is 8.34. The second-order valence-electron chi connectivity index (χ2n) is 6.31. The van der Waals surface area contributed by atoms with Crippen LogP contribution in [0.15, 0.2) is 48.7 Å². The van der Waals surface area contributed by atoms with E-state index in [1.807, 2.05) is 48.2 Å². The fraction of sp³-hybridized carbons (Fsp3) is 0.316. The molecule has 1 saturated heterocycles. The number of piperazine rings is 1. The number of amides is 2. The third-order valence-electron chi connectivity index (χ3n) is 4.49. The zero-order valence-electron chi connectivity index (χ0n) is 14.3. The number of carbonyl (C=O) groups excluding carboxylic acids is 2. The molecule has 1 aromatic heterocycles. The summed E-state index contributed by atoms with van der Waals surface area (Å²) in [5.41, 5.74) is 8.12. The minimum Gasteiger partial charge on any atom is -0.368 e. The first-order chi connectivity index (χ1) is 12.0. The lowest BCUT2D eigenvalue weighted by Gasteiger charge is -2.40. The molecule has 0 bridgehead atoms. The Morgan fingerprint density at radius 3 is 2.56 bits per heavy atom. The van der Waals surface area contributed by atoms with E-state index in [1.165, 1.54) is 0 Å². The molecule has 6 nitrogen and oxygen atoms in total. The van der Waals surface area contributed by atoms with E-state index < -0.39 is 11.9 Å². The van der Waals surface area contributed by atoms with Gasteiger partial charge in [-0.1, -0.05) is 30.3 Å². The summed E-state index contributed by atoms with van der Waals surface area (Å²) in [5.74, 6) is -0.520. The molecule has 130 valence electrons. The van der Waals surface area contributed by atoms with Gasteiger partial charge in [0, 0.05) is 38.1 Å². The molecule has 1 aliphatic heterocycles. The van der Waals surface area contributed by atoms with Gasteiger partial charge in [-0.25, -0.2) is 0 Å². The minimum absolute atomic E-state index is 0.113. The van der Waals surface area contributed by atoms with Crippen molar-refractivity contribution in [3.05, 3.63) is 65.5 Å². The van der Waals surface area contributed by atoms with Crippen molar-refractivity contribution in [2.75, 3.05) is 19.6 Å². The van der Waals surface area contributed by atoms with Crippen LogP contribution in [0, 0.1) is 6.92 Å². The fourth-order valence-corrected chi connectivity index (χ4v) is 3.06. The van der Waals surface area contributed by atoms with Crippen LogP contribution in [-0.2, 0) is 11.3 Å². The summed E-state index contributed by atoms with van der Waals surface area (Å²) in [5, 5.41) is 0. The first-order valence-corrected chi connectivity index (χ1v) is 8.34. The van der Waals surface area contributed by atoms with Gasteiger partial charge in [0.15, 0.2) is 0 Å². The Kier molecular flexibility index (Phi) is 5.09. The molecule has 0 saturated carbocycles. The second-order valence-corrected chi connectivity index (χ2v) is 6.31. The molecule has 2 aromatic rings. The maximum Gasteiger partial charge on any atom is 0.255 e. The van der Waals surface area contributed by atoms with E-state index in [-0.39, 0.29) is 5.91 Å². The Bertz CT molecular complexity index is 746. The van der Waals surface area contributed by atoms with Gasteiger partial charge in [0.1, 0.15) is 6.04 Å². The van der Waals surface area contributed by atoms with Gasteiger partial charge < -0.3 is 10.6 Å². The molecule has 1 aliphatic rings. The Morgan fingerprint density at radius 1 is 1.16 bits per heavy atom. The molecule has 1 fully saturated rings. The molecule has 0 spiro atoms. The summed E-state index contributed by atoms with van der Waals surface area (Å²) in [6, 6.07) is 13.0. The second kappa shape index (κ2) is 7.44. The summed E-state index contributed by atoms with van der Waals surface area (Å²) in [6.07, 6.45) is 1.58. The average Bonchev–Trinajstić information content (AvgIpc) is 2.63. The van der Waals surface area contributed by atoms with Crippen molar-refractivity contribution in [3.63, 3.8) is 0 Å². The normalized spacial score (nSPS) is 18.1. The van der Waals surface area contributed by atoms with Crippen LogP contribution in [0.25, 0.3) is 0 Å². The van der Waals surface area contributed by atoms with Crippen LogP contribution in [0.2, 0.25) is 0 Å². The number of benzene rings is 1. The fourth-order valence-electron chi connectivity index (χ4n) is 3.06. The minimum atomic E-state index is -0.490. The van der Waals surface area contributed by atoms with Crippen molar-refractivity contribution in [1.29, 1.82) is 0 Å². The highest BCUT2D eigenvalue weighted by atomic mass is 16.2. The monoisotopic (exact) mass is 338 g/mol. The lowest BCUT2D eigenvalue weighted by atomic mass is 10.1. The zero-order chi connectivity index (χ0) is 17.8. The van der Waals surface area contributed by atoms with Gasteiger partial charge in [-0.05, 0) is 24.6 Å². The molecule has 1 aromatic carbocycles. The van der Waals surface area contributed by atoms with Gasteiger partial charge in [0.2, 0.25) is 5.91 Å². The maximum absolute atomic E-state index is 12.7. The Labute approximate surface area is 147 Å². The van der Waals surface area contributed by atoms with Crippen molar-refractivity contribution in [2.45, 2.75) is 19.5 Å². The number of hydrogen-bond donors (Lipinski definition) is 1. The average molecular weight is 338 g/mol. The maximum atomic E-state index is 12.7. The molecule has 1 unspecified atom stereocenters. The lowest BCUT2D eigenvalue weighted by Crippen LogP contribution is -2.58. The molecule has 0 aliphatic carbocycles. The quantitative estimate of drug-likeness (QED) is 0.908. The van der Waals surface area contributed by atoms with Crippen LogP contribution >= 0.6 is 0 Å². The van der Waals surface area contributed by atoms with Crippen molar-refractivity contribution in [1.82, 2.24) is 14.8 Å². The predicted molar refractivity (Wildman–Crippen MR) is 94.7 cm³/mol. The third kappa shape index (κ3) is 4.03. The number of aromatic nitrogens is 1. The van der Waals surface area contributed by atoms with Crippen LogP contribution in [0.5, 0.6) is 0 Å². The van der Waals surface area contributed by atoms with E-state index in [9.17, 15) is 9.59 Å². The highest BCUT2D eigenvalue weighted by Gasteiger charge is 2.33. The molecule has 25 heavy (non-hydrogen) atoms. The van der Waals surface area contributed by atoms with Gasteiger partial charge >= 0.3 is 0 Å². The van der Waals surface area contributed by atoms with E-state index in [0.717, 1.165) is 11.3 Å². The Balaban J connectivity index is 1.71. The van der Waals surface area contributed by atoms with Crippen molar-refractivity contribution in [2.24, 2.45) is 5.73 Å². The van der Waals surface area contributed by atoms with E-state index >= 15 is 0 Å². The SMILES string of the molecule is Cc1ccc(C(=O)N2CCN(Cc3ccccc3)C(C(N)=O)C2)cn1. The first kappa shape index (κ1) is 17.1. The van der Waals surface area contributed by atoms with Crippen molar-refractivity contribution >= 4 is 11.8 Å². The lowest BCUT2D eigenvalue weighted by molar-refractivity contribution is -0.125. The van der Waals surface area contributed by atoms with Gasteiger partial charge in [0.25, 0.3) is 5.91 Å². The number of primary amides is 1. The molecule has 3 rings (SSSR count). The van der Waals surface area contributed by atoms with Crippen molar-refractivity contribution < 1.29 is 9.59 Å². The highest BCUT2D eigenvalue weighted by molar-refractivity contribution is 5.94. The van der Waals surface area contributed by atoms with E-state index in [2.05, 4.69) is 4.98 Å². The molecule has 0 radical (unpaired) electrons. The van der Waals surface area contributed by atoms with E-state index in [1.54, 1.807) is 17.2 Å². The topological polar surface area (TPSA) is 79.5 Å². The summed E-state index contributed by atoms with van der Waals surface area (Å²) in [4.78, 5) is 32.5. The molecule has 1 atom stereocenters. The van der Waals surface area contributed by atoms with Crippen LogP contribution in [0.3, 0.4) is 0 Å². The predicted octanol–water partition coefficient (Wildman–Crippen LogP) is 1.20. The number of hydrogen-bond acceptors (Lipinski definition) is 4. The van der Waals surface area contributed by atoms with E-state index in [4.69, 9.17) is 5.73 Å². The number of pyridine rings is 1. The number of nitrogens with two attached hydrogens (primary N) is 1. The van der Waals surface area contributed by atoms with Gasteiger partial charge in [-0.15, -0.1) is 0 Å². The van der Waals surface area contributed by atoms with Gasteiger partial charge in [-0.2, -0.15) is 0 Å². The standard InChI is InChI=1S/C19H22N4O2/c1-14-7-8-16(11-21-14)19(25)23-10-9-22(17(13-23)18(20)24)12-15-5-3-2-4-6-15/h2-8,11,17H,9-10,12-13H2,1H3,(H2,20,24). The van der Waals surface area contributed by atoms with E-state index in [0.29, 0.717) is 31.7 Å². The van der Waals surface area contributed by atoms with Gasteiger partial charge in [-0.3, -0.25) is 19.5 Å². The summed E-state index contributed by atoms with van der Waals surface area (Å²) >= 11 is 0. The largest absolute Gasteiger partial charge is 0.368 e. The highest BCUT2D eigenvalue weighted by Crippen LogP contribution is 2.16. The summed E-state index contributed by atoms with van der Waals surface area (Å²) in [7, 11) is 0. The molecule has 2 N–H and O–H groups in total. The molecule has 6 heteroatoms. The van der Waals surface area contributed by atoms with Crippen LogP contribution in [-0.4, -0.2) is 52.3 Å². The molecule has 2 heterocycles.